The Hall–Kier alpha value is -2.89. The molecule has 132 valence electrons. The van der Waals surface area contributed by atoms with E-state index in [1.807, 2.05) is 13.8 Å². The molecule has 2 aromatic rings. The molecule has 3 N–H and O–H groups in total. The Morgan fingerprint density at radius 3 is 2.24 bits per heavy atom. The van der Waals surface area contributed by atoms with Gasteiger partial charge in [-0.25, -0.2) is 9.18 Å². The SMILES string of the molecule is CCC(CC)NC(=O)Nc1cccc(C(=O)Nc2cccc(F)c2)c1. The van der Waals surface area contributed by atoms with Crippen LogP contribution in [0.3, 0.4) is 0 Å². The van der Waals surface area contributed by atoms with E-state index in [1.54, 1.807) is 30.3 Å². The van der Waals surface area contributed by atoms with E-state index in [-0.39, 0.29) is 18.0 Å². The van der Waals surface area contributed by atoms with E-state index in [2.05, 4.69) is 16.0 Å². The summed E-state index contributed by atoms with van der Waals surface area (Å²) in [6, 6.07) is 12.0. The minimum Gasteiger partial charge on any atom is -0.335 e. The minimum absolute atomic E-state index is 0.111. The number of urea groups is 1. The molecule has 2 rings (SSSR count). The molecule has 0 atom stereocenters. The predicted octanol–water partition coefficient (Wildman–Crippen LogP) is 4.39. The number of hydrogen-bond donors (Lipinski definition) is 3. The number of anilines is 2. The summed E-state index contributed by atoms with van der Waals surface area (Å²) >= 11 is 0. The summed E-state index contributed by atoms with van der Waals surface area (Å²) < 4.78 is 13.2. The molecule has 0 saturated heterocycles. The molecule has 0 spiro atoms. The average Bonchev–Trinajstić information content (AvgIpc) is 2.60. The number of hydrogen-bond acceptors (Lipinski definition) is 2. The quantitative estimate of drug-likeness (QED) is 0.728. The lowest BCUT2D eigenvalue weighted by atomic mass is 10.1. The number of nitrogens with one attached hydrogen (secondary N) is 3. The Labute approximate surface area is 146 Å². The molecule has 0 unspecified atom stereocenters. The summed E-state index contributed by atoms with van der Waals surface area (Å²) in [4.78, 5) is 24.3. The van der Waals surface area contributed by atoms with Crippen molar-refractivity contribution in [3.8, 4) is 0 Å². The van der Waals surface area contributed by atoms with Gasteiger partial charge in [0.15, 0.2) is 0 Å². The molecule has 0 heterocycles. The number of amides is 3. The summed E-state index contributed by atoms with van der Waals surface area (Å²) in [5, 5.41) is 8.21. The maximum atomic E-state index is 13.2. The Morgan fingerprint density at radius 1 is 0.960 bits per heavy atom. The third-order valence-electron chi connectivity index (χ3n) is 3.79. The molecule has 0 aliphatic heterocycles. The van der Waals surface area contributed by atoms with E-state index < -0.39 is 5.82 Å². The van der Waals surface area contributed by atoms with Gasteiger partial charge in [0.25, 0.3) is 5.91 Å². The number of carbonyl (C=O) groups is 2. The third-order valence-corrected chi connectivity index (χ3v) is 3.79. The summed E-state index contributed by atoms with van der Waals surface area (Å²) in [6.45, 7) is 4.01. The van der Waals surface area contributed by atoms with Crippen molar-refractivity contribution in [1.82, 2.24) is 5.32 Å². The van der Waals surface area contributed by atoms with Crippen LogP contribution in [0.1, 0.15) is 37.0 Å². The first-order valence-electron chi connectivity index (χ1n) is 8.26. The zero-order chi connectivity index (χ0) is 18.2. The fourth-order valence-electron chi connectivity index (χ4n) is 2.35. The van der Waals surface area contributed by atoms with Crippen LogP contribution in [0.5, 0.6) is 0 Å². The molecule has 25 heavy (non-hydrogen) atoms. The molecule has 2 aromatic carbocycles. The zero-order valence-corrected chi connectivity index (χ0v) is 14.3. The zero-order valence-electron chi connectivity index (χ0n) is 14.3. The van der Waals surface area contributed by atoms with Gasteiger partial charge in [0, 0.05) is 23.0 Å². The van der Waals surface area contributed by atoms with Crippen molar-refractivity contribution in [2.24, 2.45) is 0 Å². The second-order valence-corrected chi connectivity index (χ2v) is 5.66. The molecule has 0 radical (unpaired) electrons. The van der Waals surface area contributed by atoms with Crippen LogP contribution < -0.4 is 16.0 Å². The molecule has 6 heteroatoms. The van der Waals surface area contributed by atoms with Gasteiger partial charge < -0.3 is 16.0 Å². The van der Waals surface area contributed by atoms with E-state index in [0.29, 0.717) is 16.9 Å². The largest absolute Gasteiger partial charge is 0.335 e. The second-order valence-electron chi connectivity index (χ2n) is 5.66. The van der Waals surface area contributed by atoms with Crippen LogP contribution in [-0.2, 0) is 0 Å². The monoisotopic (exact) mass is 343 g/mol. The molecule has 3 amide bonds. The van der Waals surface area contributed by atoms with Gasteiger partial charge in [-0.2, -0.15) is 0 Å². The van der Waals surface area contributed by atoms with Crippen LogP contribution in [0.25, 0.3) is 0 Å². The smallest absolute Gasteiger partial charge is 0.319 e. The topological polar surface area (TPSA) is 70.2 Å². The van der Waals surface area contributed by atoms with E-state index >= 15 is 0 Å². The van der Waals surface area contributed by atoms with Gasteiger partial charge in [-0.05, 0) is 49.2 Å². The van der Waals surface area contributed by atoms with Gasteiger partial charge in [-0.3, -0.25) is 4.79 Å². The highest BCUT2D eigenvalue weighted by atomic mass is 19.1. The molecular formula is C19H22FN3O2. The first-order valence-corrected chi connectivity index (χ1v) is 8.26. The van der Waals surface area contributed by atoms with Crippen LogP contribution in [0.15, 0.2) is 48.5 Å². The molecule has 0 bridgehead atoms. The highest BCUT2D eigenvalue weighted by Crippen LogP contribution is 2.14. The van der Waals surface area contributed by atoms with Crippen LogP contribution in [0.2, 0.25) is 0 Å². The molecule has 5 nitrogen and oxygen atoms in total. The second kappa shape index (κ2) is 8.82. The van der Waals surface area contributed by atoms with Gasteiger partial charge in [-0.15, -0.1) is 0 Å². The van der Waals surface area contributed by atoms with E-state index in [1.165, 1.54) is 18.2 Å². The lowest BCUT2D eigenvalue weighted by molar-refractivity contribution is 0.102. The average molecular weight is 343 g/mol. The lowest BCUT2D eigenvalue weighted by Crippen LogP contribution is -2.37. The highest BCUT2D eigenvalue weighted by Gasteiger charge is 2.11. The third kappa shape index (κ3) is 5.60. The lowest BCUT2D eigenvalue weighted by Gasteiger charge is -2.15. The Balaban J connectivity index is 2.02. The Bertz CT molecular complexity index is 745. The molecular weight excluding hydrogens is 321 g/mol. The van der Waals surface area contributed by atoms with Crippen molar-refractivity contribution in [3.63, 3.8) is 0 Å². The van der Waals surface area contributed by atoms with Crippen LogP contribution in [0, 0.1) is 5.82 Å². The number of carbonyl (C=O) groups excluding carboxylic acids is 2. The van der Waals surface area contributed by atoms with Crippen LogP contribution in [0.4, 0.5) is 20.6 Å². The predicted molar refractivity (Wildman–Crippen MR) is 97.3 cm³/mol. The first kappa shape index (κ1) is 18.4. The Kier molecular flexibility index (Phi) is 6.51. The number of benzene rings is 2. The van der Waals surface area contributed by atoms with Crippen molar-refractivity contribution in [3.05, 3.63) is 59.9 Å². The molecule has 0 aliphatic rings. The number of halogens is 1. The van der Waals surface area contributed by atoms with Crippen molar-refractivity contribution >= 4 is 23.3 Å². The summed E-state index contributed by atoms with van der Waals surface area (Å²) in [6.07, 6.45) is 1.69. The maximum absolute atomic E-state index is 13.2. The van der Waals surface area contributed by atoms with Gasteiger partial charge in [0.05, 0.1) is 0 Å². The van der Waals surface area contributed by atoms with Crippen molar-refractivity contribution < 1.29 is 14.0 Å². The van der Waals surface area contributed by atoms with E-state index in [9.17, 15) is 14.0 Å². The molecule has 0 fully saturated rings. The maximum Gasteiger partial charge on any atom is 0.319 e. The summed E-state index contributed by atoms with van der Waals surface area (Å²) in [5.41, 5.74) is 1.25. The van der Waals surface area contributed by atoms with E-state index in [0.717, 1.165) is 12.8 Å². The normalized spacial score (nSPS) is 10.4. The standard InChI is InChI=1S/C19H22FN3O2/c1-3-15(4-2)22-19(25)23-16-9-5-7-13(11-16)18(24)21-17-10-6-8-14(20)12-17/h5-12,15H,3-4H2,1-2H3,(H,21,24)(H2,22,23,25). The van der Waals surface area contributed by atoms with Crippen molar-refractivity contribution in [1.29, 1.82) is 0 Å². The summed E-state index contributed by atoms with van der Waals surface area (Å²) in [7, 11) is 0. The Morgan fingerprint density at radius 2 is 1.60 bits per heavy atom. The summed E-state index contributed by atoms with van der Waals surface area (Å²) in [5.74, 6) is -0.805. The molecule has 0 saturated carbocycles. The van der Waals surface area contributed by atoms with Gasteiger partial charge >= 0.3 is 6.03 Å². The van der Waals surface area contributed by atoms with Gasteiger partial charge in [0.2, 0.25) is 0 Å². The van der Waals surface area contributed by atoms with Crippen molar-refractivity contribution in [2.45, 2.75) is 32.7 Å². The highest BCUT2D eigenvalue weighted by molar-refractivity contribution is 6.05. The number of rotatable bonds is 6. The van der Waals surface area contributed by atoms with Gasteiger partial charge in [-0.1, -0.05) is 26.0 Å². The van der Waals surface area contributed by atoms with Gasteiger partial charge in [0.1, 0.15) is 5.82 Å². The van der Waals surface area contributed by atoms with Crippen molar-refractivity contribution in [2.75, 3.05) is 10.6 Å². The van der Waals surface area contributed by atoms with Crippen LogP contribution >= 0.6 is 0 Å². The first-order chi connectivity index (χ1) is 12.0. The fourth-order valence-corrected chi connectivity index (χ4v) is 2.35. The molecule has 0 aliphatic carbocycles. The minimum atomic E-state index is -0.425. The fraction of sp³-hybridized carbons (Fsp3) is 0.263. The van der Waals surface area contributed by atoms with Crippen LogP contribution in [-0.4, -0.2) is 18.0 Å². The van der Waals surface area contributed by atoms with E-state index in [4.69, 9.17) is 0 Å². The molecule has 0 aromatic heterocycles.